The van der Waals surface area contributed by atoms with Crippen LogP contribution in [0.4, 0.5) is 4.39 Å². The predicted molar refractivity (Wildman–Crippen MR) is 66.7 cm³/mol. The number of halogens is 1. The lowest BCUT2D eigenvalue weighted by Crippen LogP contribution is -2.20. The van der Waals surface area contributed by atoms with Crippen LogP contribution in [0, 0.1) is 19.7 Å². The van der Waals surface area contributed by atoms with E-state index < -0.39 is 0 Å². The third-order valence-corrected chi connectivity index (χ3v) is 3.25. The quantitative estimate of drug-likeness (QED) is 0.911. The molecule has 1 N–H and O–H groups in total. The summed E-state index contributed by atoms with van der Waals surface area (Å²) in [7, 11) is 1.79. The first kappa shape index (κ1) is 12.1. The highest BCUT2D eigenvalue weighted by molar-refractivity contribution is 7.03. The molecule has 5 heteroatoms. The van der Waals surface area contributed by atoms with E-state index >= 15 is 0 Å². The Kier molecular flexibility index (Phi) is 3.49. The molecule has 0 spiro atoms. The lowest BCUT2D eigenvalue weighted by atomic mass is 9.97. The van der Waals surface area contributed by atoms with Crippen molar-refractivity contribution >= 4 is 11.5 Å². The Balaban J connectivity index is 2.52. The van der Waals surface area contributed by atoms with E-state index in [9.17, 15) is 4.39 Å². The summed E-state index contributed by atoms with van der Waals surface area (Å²) in [5, 5.41) is 8.93. The van der Waals surface area contributed by atoms with Crippen molar-refractivity contribution < 1.29 is 4.39 Å². The number of hydrogen-bond acceptors (Lipinski definition) is 4. The smallest absolute Gasteiger partial charge is 0.128 e. The fourth-order valence-corrected chi connectivity index (χ4v) is 2.51. The maximum Gasteiger partial charge on any atom is 0.128 e. The molecule has 0 amide bonds. The molecule has 2 rings (SSSR count). The SMILES string of the molecule is CNC(c1csnn1)c1c(C)cc(C)cc1F. The molecule has 1 atom stereocenters. The average molecular weight is 251 g/mol. The van der Waals surface area contributed by atoms with Crippen molar-refractivity contribution in [2.45, 2.75) is 19.9 Å². The highest BCUT2D eigenvalue weighted by Gasteiger charge is 2.20. The Morgan fingerprint density at radius 1 is 1.35 bits per heavy atom. The van der Waals surface area contributed by atoms with Gasteiger partial charge in [0.15, 0.2) is 0 Å². The van der Waals surface area contributed by atoms with Crippen LogP contribution in [0.1, 0.15) is 28.4 Å². The molecule has 0 saturated carbocycles. The first-order valence-electron chi connectivity index (χ1n) is 5.34. The summed E-state index contributed by atoms with van der Waals surface area (Å²) in [6.45, 7) is 3.80. The summed E-state index contributed by atoms with van der Waals surface area (Å²) in [6, 6.07) is 3.28. The second-order valence-corrected chi connectivity index (χ2v) is 4.64. The zero-order valence-electron chi connectivity index (χ0n) is 9.99. The van der Waals surface area contributed by atoms with Crippen LogP contribution in [-0.4, -0.2) is 16.6 Å². The van der Waals surface area contributed by atoms with Crippen molar-refractivity contribution in [1.82, 2.24) is 14.9 Å². The highest BCUT2D eigenvalue weighted by Crippen LogP contribution is 2.27. The summed E-state index contributed by atoms with van der Waals surface area (Å²) in [6.07, 6.45) is 0. The molecule has 90 valence electrons. The fourth-order valence-electron chi connectivity index (χ4n) is 2.03. The molecule has 0 fully saturated rings. The van der Waals surface area contributed by atoms with Crippen molar-refractivity contribution in [3.8, 4) is 0 Å². The van der Waals surface area contributed by atoms with Crippen molar-refractivity contribution in [1.29, 1.82) is 0 Å². The monoisotopic (exact) mass is 251 g/mol. The van der Waals surface area contributed by atoms with E-state index in [1.54, 1.807) is 13.1 Å². The molecular weight excluding hydrogens is 237 g/mol. The maximum atomic E-state index is 14.1. The molecule has 0 saturated heterocycles. The highest BCUT2D eigenvalue weighted by atomic mass is 32.1. The van der Waals surface area contributed by atoms with Crippen molar-refractivity contribution in [2.75, 3.05) is 7.05 Å². The number of benzene rings is 1. The number of rotatable bonds is 3. The van der Waals surface area contributed by atoms with Gasteiger partial charge in [-0.15, -0.1) is 5.10 Å². The van der Waals surface area contributed by atoms with E-state index in [0.29, 0.717) is 5.56 Å². The number of hydrogen-bond donors (Lipinski definition) is 1. The van der Waals surface area contributed by atoms with Crippen LogP contribution in [0.15, 0.2) is 17.5 Å². The lowest BCUT2D eigenvalue weighted by molar-refractivity contribution is 0.566. The first-order chi connectivity index (χ1) is 8.13. The Hall–Kier alpha value is -1.33. The van der Waals surface area contributed by atoms with Gasteiger partial charge in [0.05, 0.1) is 11.7 Å². The second kappa shape index (κ2) is 4.89. The zero-order valence-corrected chi connectivity index (χ0v) is 10.8. The van der Waals surface area contributed by atoms with E-state index in [-0.39, 0.29) is 11.9 Å². The van der Waals surface area contributed by atoms with E-state index in [1.165, 1.54) is 11.5 Å². The third-order valence-electron chi connectivity index (χ3n) is 2.73. The lowest BCUT2D eigenvalue weighted by Gasteiger charge is -2.17. The maximum absolute atomic E-state index is 14.1. The molecule has 0 bridgehead atoms. The van der Waals surface area contributed by atoms with Gasteiger partial charge in [-0.1, -0.05) is 10.6 Å². The molecule has 1 heterocycles. The second-order valence-electron chi connectivity index (χ2n) is 4.03. The minimum Gasteiger partial charge on any atom is -0.308 e. The van der Waals surface area contributed by atoms with Gasteiger partial charge in [0.1, 0.15) is 5.82 Å². The largest absolute Gasteiger partial charge is 0.308 e. The molecule has 0 radical (unpaired) electrons. The number of aryl methyl sites for hydroxylation is 2. The van der Waals surface area contributed by atoms with Gasteiger partial charge in [-0.2, -0.15) is 0 Å². The van der Waals surface area contributed by atoms with Crippen LogP contribution in [0.3, 0.4) is 0 Å². The van der Waals surface area contributed by atoms with Gasteiger partial charge in [-0.25, -0.2) is 4.39 Å². The van der Waals surface area contributed by atoms with Crippen molar-refractivity contribution in [3.05, 3.63) is 45.7 Å². The Morgan fingerprint density at radius 3 is 2.65 bits per heavy atom. The fraction of sp³-hybridized carbons (Fsp3) is 0.333. The van der Waals surface area contributed by atoms with E-state index in [1.807, 2.05) is 25.3 Å². The molecule has 1 aromatic carbocycles. The molecule has 3 nitrogen and oxygen atoms in total. The molecular formula is C12H14FN3S. The van der Waals surface area contributed by atoms with Crippen LogP contribution < -0.4 is 5.32 Å². The Morgan fingerprint density at radius 2 is 2.12 bits per heavy atom. The van der Waals surface area contributed by atoms with Crippen LogP contribution in [0.2, 0.25) is 0 Å². The molecule has 2 aromatic rings. The summed E-state index contributed by atoms with van der Waals surface area (Å²) in [5.74, 6) is -0.199. The van der Waals surface area contributed by atoms with E-state index in [4.69, 9.17) is 0 Å². The van der Waals surface area contributed by atoms with E-state index in [2.05, 4.69) is 14.9 Å². The van der Waals surface area contributed by atoms with Crippen LogP contribution in [0.25, 0.3) is 0 Å². The average Bonchev–Trinajstić information content (AvgIpc) is 2.76. The van der Waals surface area contributed by atoms with Gasteiger partial charge in [-0.3, -0.25) is 0 Å². The molecule has 17 heavy (non-hydrogen) atoms. The number of nitrogens with zero attached hydrogens (tertiary/aromatic N) is 2. The summed E-state index contributed by atoms with van der Waals surface area (Å²) >= 11 is 1.27. The van der Waals surface area contributed by atoms with Crippen LogP contribution in [-0.2, 0) is 0 Å². The molecule has 0 aliphatic heterocycles. The van der Waals surface area contributed by atoms with Gasteiger partial charge in [-0.05, 0) is 49.6 Å². The normalized spacial score (nSPS) is 12.7. The predicted octanol–water partition coefficient (Wildman–Crippen LogP) is 2.60. The van der Waals surface area contributed by atoms with Gasteiger partial charge in [0.2, 0.25) is 0 Å². The molecule has 0 aliphatic carbocycles. The number of nitrogens with one attached hydrogen (secondary N) is 1. The standard InChI is InChI=1S/C12H14FN3S/c1-7-4-8(2)11(9(13)5-7)12(14-3)10-6-17-16-15-10/h4-6,12,14H,1-3H3. The van der Waals surface area contributed by atoms with Crippen molar-refractivity contribution in [2.24, 2.45) is 0 Å². The van der Waals surface area contributed by atoms with Crippen molar-refractivity contribution in [3.63, 3.8) is 0 Å². The Bertz CT molecular complexity index is 487. The topological polar surface area (TPSA) is 37.8 Å². The van der Waals surface area contributed by atoms with Crippen LogP contribution in [0.5, 0.6) is 0 Å². The summed E-state index contributed by atoms with van der Waals surface area (Å²) in [4.78, 5) is 0. The van der Waals surface area contributed by atoms with Gasteiger partial charge < -0.3 is 5.32 Å². The minimum atomic E-state index is -0.241. The van der Waals surface area contributed by atoms with Gasteiger partial charge in [0, 0.05) is 10.9 Å². The first-order valence-corrected chi connectivity index (χ1v) is 6.18. The van der Waals surface area contributed by atoms with Gasteiger partial charge in [0.25, 0.3) is 0 Å². The molecule has 1 aromatic heterocycles. The number of aromatic nitrogens is 2. The summed E-state index contributed by atoms with van der Waals surface area (Å²) in [5.41, 5.74) is 3.25. The third kappa shape index (κ3) is 2.35. The van der Waals surface area contributed by atoms with Gasteiger partial charge >= 0.3 is 0 Å². The van der Waals surface area contributed by atoms with Crippen LogP contribution >= 0.6 is 11.5 Å². The molecule has 1 unspecified atom stereocenters. The summed E-state index contributed by atoms with van der Waals surface area (Å²) < 4.78 is 17.9. The minimum absolute atomic E-state index is 0.199. The Labute approximate surface area is 104 Å². The molecule has 0 aliphatic rings. The zero-order chi connectivity index (χ0) is 12.4. The van der Waals surface area contributed by atoms with E-state index in [0.717, 1.165) is 16.8 Å².